The predicted octanol–water partition coefficient (Wildman–Crippen LogP) is 1.75. The number of alkyl halides is 1. The van der Waals surface area contributed by atoms with E-state index in [0.29, 0.717) is 12.0 Å². The number of hydrogen-bond acceptors (Lipinski definition) is 1. The van der Waals surface area contributed by atoms with E-state index in [1.807, 2.05) is 0 Å². The van der Waals surface area contributed by atoms with E-state index in [4.69, 9.17) is 5.73 Å². The van der Waals surface area contributed by atoms with Crippen LogP contribution in [0.1, 0.15) is 20.3 Å². The highest BCUT2D eigenvalue weighted by molar-refractivity contribution is 9.09. The highest BCUT2D eigenvalue weighted by Gasteiger charge is 2.04. The molecular formula is C6H14BrN. The van der Waals surface area contributed by atoms with E-state index < -0.39 is 0 Å². The minimum atomic E-state index is 0.370. The quantitative estimate of drug-likeness (QED) is 0.658. The molecule has 8 heavy (non-hydrogen) atoms. The van der Waals surface area contributed by atoms with E-state index in [1.165, 1.54) is 0 Å². The third-order valence-electron chi connectivity index (χ3n) is 1.30. The average molecular weight is 180 g/mol. The zero-order chi connectivity index (χ0) is 6.57. The minimum Gasteiger partial charge on any atom is -0.327 e. The van der Waals surface area contributed by atoms with Gasteiger partial charge in [0, 0.05) is 11.4 Å². The van der Waals surface area contributed by atoms with Gasteiger partial charge < -0.3 is 5.73 Å². The fourth-order valence-corrected chi connectivity index (χ4v) is 0.988. The molecule has 0 radical (unpaired) electrons. The number of rotatable bonds is 3. The maximum Gasteiger partial charge on any atom is 0.00698 e. The fourth-order valence-electron chi connectivity index (χ4n) is 0.459. The molecule has 2 heteroatoms. The lowest BCUT2D eigenvalue weighted by atomic mass is 10.0. The van der Waals surface area contributed by atoms with Gasteiger partial charge in [0.2, 0.25) is 0 Å². The van der Waals surface area contributed by atoms with Gasteiger partial charge in [0.25, 0.3) is 0 Å². The van der Waals surface area contributed by atoms with Crippen LogP contribution in [-0.2, 0) is 0 Å². The van der Waals surface area contributed by atoms with Crippen molar-refractivity contribution in [3.8, 4) is 0 Å². The van der Waals surface area contributed by atoms with Crippen molar-refractivity contribution in [2.75, 3.05) is 5.33 Å². The van der Waals surface area contributed by atoms with Crippen LogP contribution in [0.15, 0.2) is 0 Å². The summed E-state index contributed by atoms with van der Waals surface area (Å²) in [5, 5.41) is 1.02. The van der Waals surface area contributed by atoms with Gasteiger partial charge in [0.15, 0.2) is 0 Å². The first-order valence-electron chi connectivity index (χ1n) is 3.00. The van der Waals surface area contributed by atoms with Gasteiger partial charge in [-0.2, -0.15) is 0 Å². The zero-order valence-corrected chi connectivity index (χ0v) is 7.11. The Balaban J connectivity index is 3.17. The largest absolute Gasteiger partial charge is 0.327 e. The van der Waals surface area contributed by atoms with Crippen molar-refractivity contribution in [3.63, 3.8) is 0 Å². The third kappa shape index (κ3) is 3.44. The van der Waals surface area contributed by atoms with Crippen LogP contribution in [0, 0.1) is 5.92 Å². The molecule has 0 bridgehead atoms. The topological polar surface area (TPSA) is 26.0 Å². The summed E-state index contributed by atoms with van der Waals surface area (Å²) in [4.78, 5) is 0. The first-order chi connectivity index (χ1) is 3.68. The van der Waals surface area contributed by atoms with Crippen molar-refractivity contribution in [2.45, 2.75) is 26.3 Å². The first kappa shape index (κ1) is 8.44. The molecule has 0 fully saturated rings. The second kappa shape index (κ2) is 4.33. The summed E-state index contributed by atoms with van der Waals surface area (Å²) in [7, 11) is 0. The van der Waals surface area contributed by atoms with Crippen LogP contribution in [0.5, 0.6) is 0 Å². The second-order valence-corrected chi connectivity index (χ2v) is 3.18. The molecule has 0 saturated carbocycles. The smallest absolute Gasteiger partial charge is 0.00698 e. The van der Waals surface area contributed by atoms with Gasteiger partial charge in [0.1, 0.15) is 0 Å². The summed E-state index contributed by atoms with van der Waals surface area (Å²) < 4.78 is 0. The lowest BCUT2D eigenvalue weighted by Crippen LogP contribution is -2.26. The molecule has 1 atom stereocenters. The van der Waals surface area contributed by atoms with Gasteiger partial charge in [-0.05, 0) is 12.3 Å². The van der Waals surface area contributed by atoms with Gasteiger partial charge in [-0.3, -0.25) is 0 Å². The Morgan fingerprint density at radius 3 is 2.12 bits per heavy atom. The summed E-state index contributed by atoms with van der Waals surface area (Å²) in [6, 6.07) is 0.370. The Kier molecular flexibility index (Phi) is 4.57. The fraction of sp³-hybridized carbons (Fsp3) is 1.00. The predicted molar refractivity (Wildman–Crippen MR) is 41.2 cm³/mol. The summed E-state index contributed by atoms with van der Waals surface area (Å²) >= 11 is 3.34. The molecule has 1 unspecified atom stereocenters. The van der Waals surface area contributed by atoms with Crippen molar-refractivity contribution in [2.24, 2.45) is 11.7 Å². The van der Waals surface area contributed by atoms with E-state index in [0.717, 1.165) is 11.8 Å². The molecule has 0 heterocycles. The van der Waals surface area contributed by atoms with Crippen LogP contribution in [0.25, 0.3) is 0 Å². The molecule has 0 spiro atoms. The number of halogens is 1. The standard InChI is InChI=1S/C6H14BrN/c1-5(2)6(8)3-4-7/h5-6H,3-4,8H2,1-2H3. The van der Waals surface area contributed by atoms with E-state index in [2.05, 4.69) is 29.8 Å². The van der Waals surface area contributed by atoms with Crippen molar-refractivity contribution < 1.29 is 0 Å². The molecular weight excluding hydrogens is 166 g/mol. The van der Waals surface area contributed by atoms with Crippen LogP contribution in [0.4, 0.5) is 0 Å². The van der Waals surface area contributed by atoms with Gasteiger partial charge in [-0.1, -0.05) is 29.8 Å². The molecule has 2 N–H and O–H groups in total. The molecule has 0 aliphatic heterocycles. The van der Waals surface area contributed by atoms with Crippen LogP contribution in [0.3, 0.4) is 0 Å². The summed E-state index contributed by atoms with van der Waals surface area (Å²) in [6.45, 7) is 4.29. The minimum absolute atomic E-state index is 0.370. The van der Waals surface area contributed by atoms with Crippen LogP contribution < -0.4 is 5.73 Å². The first-order valence-corrected chi connectivity index (χ1v) is 4.12. The number of hydrogen-bond donors (Lipinski definition) is 1. The van der Waals surface area contributed by atoms with Gasteiger partial charge in [-0.15, -0.1) is 0 Å². The van der Waals surface area contributed by atoms with Crippen molar-refractivity contribution >= 4 is 15.9 Å². The normalized spacial score (nSPS) is 14.6. The Morgan fingerprint density at radius 2 is 2.00 bits per heavy atom. The van der Waals surface area contributed by atoms with E-state index in [9.17, 15) is 0 Å². The lowest BCUT2D eigenvalue weighted by Gasteiger charge is -2.12. The maximum absolute atomic E-state index is 5.70. The van der Waals surface area contributed by atoms with Crippen molar-refractivity contribution in [1.82, 2.24) is 0 Å². The van der Waals surface area contributed by atoms with Crippen LogP contribution >= 0.6 is 15.9 Å². The van der Waals surface area contributed by atoms with Gasteiger partial charge in [-0.25, -0.2) is 0 Å². The van der Waals surface area contributed by atoms with Gasteiger partial charge >= 0.3 is 0 Å². The lowest BCUT2D eigenvalue weighted by molar-refractivity contribution is 0.484. The molecule has 0 rings (SSSR count). The SMILES string of the molecule is CC(C)C(N)CCBr. The summed E-state index contributed by atoms with van der Waals surface area (Å²) in [6.07, 6.45) is 1.08. The molecule has 0 aromatic heterocycles. The van der Waals surface area contributed by atoms with Crippen LogP contribution in [0.2, 0.25) is 0 Å². The Hall–Kier alpha value is 0.440. The Bertz CT molecular complexity index is 54.5. The Labute approximate surface area is 59.8 Å². The molecule has 0 aliphatic rings. The average Bonchev–Trinajstić information content (AvgIpc) is 1.67. The van der Waals surface area contributed by atoms with Gasteiger partial charge in [0.05, 0.1) is 0 Å². The third-order valence-corrected chi connectivity index (χ3v) is 1.76. The molecule has 0 aromatic rings. The van der Waals surface area contributed by atoms with Crippen molar-refractivity contribution in [3.05, 3.63) is 0 Å². The maximum atomic E-state index is 5.70. The monoisotopic (exact) mass is 179 g/mol. The van der Waals surface area contributed by atoms with Crippen LogP contribution in [-0.4, -0.2) is 11.4 Å². The molecule has 1 nitrogen and oxygen atoms in total. The second-order valence-electron chi connectivity index (χ2n) is 2.39. The Morgan fingerprint density at radius 1 is 1.50 bits per heavy atom. The van der Waals surface area contributed by atoms with Crippen molar-refractivity contribution in [1.29, 1.82) is 0 Å². The molecule has 0 saturated heterocycles. The highest BCUT2D eigenvalue weighted by atomic mass is 79.9. The summed E-state index contributed by atoms with van der Waals surface area (Å²) in [5.41, 5.74) is 5.70. The van der Waals surface area contributed by atoms with E-state index in [1.54, 1.807) is 0 Å². The van der Waals surface area contributed by atoms with E-state index in [-0.39, 0.29) is 0 Å². The zero-order valence-electron chi connectivity index (χ0n) is 5.52. The van der Waals surface area contributed by atoms with E-state index >= 15 is 0 Å². The molecule has 0 aromatic carbocycles. The number of nitrogens with two attached hydrogens (primary N) is 1. The summed E-state index contributed by atoms with van der Waals surface area (Å²) in [5.74, 6) is 0.618. The molecule has 0 amide bonds. The molecule has 50 valence electrons. The highest BCUT2D eigenvalue weighted by Crippen LogP contribution is 2.03. The molecule has 0 aliphatic carbocycles.